The molecule has 0 saturated heterocycles. The molecule has 4 heteroatoms. The molecule has 0 saturated carbocycles. The highest BCUT2D eigenvalue weighted by atomic mass is 32.1. The fraction of sp³-hybridized carbons (Fsp3) is 0.125. The average molecular weight is 179 g/mol. The number of aromatic nitrogens is 3. The molecule has 0 bridgehead atoms. The normalized spacial score (nSPS) is 11.4. The van der Waals surface area contributed by atoms with Crippen LogP contribution in [0.3, 0.4) is 0 Å². The summed E-state index contributed by atoms with van der Waals surface area (Å²) in [5.74, 6) is 0. The lowest BCUT2D eigenvalue weighted by atomic mass is 10.3. The van der Waals surface area contributed by atoms with Crippen molar-refractivity contribution in [1.29, 1.82) is 0 Å². The van der Waals surface area contributed by atoms with Gasteiger partial charge >= 0.3 is 0 Å². The Hall–Kier alpha value is -1.29. The van der Waals surface area contributed by atoms with E-state index in [1.807, 2.05) is 25.2 Å². The Morgan fingerprint density at radius 1 is 1.25 bits per heavy atom. The Bertz CT molecular complexity index is 312. The van der Waals surface area contributed by atoms with Crippen LogP contribution in [0.15, 0.2) is 12.2 Å². The topological polar surface area (TPSA) is 41.6 Å². The smallest absolute Gasteiger partial charge is 0.112 e. The lowest BCUT2D eigenvalue weighted by Crippen LogP contribution is -1.76. The van der Waals surface area contributed by atoms with Crippen molar-refractivity contribution in [1.82, 2.24) is 15.4 Å². The Kier molecular flexibility index (Phi) is 3.35. The second kappa shape index (κ2) is 4.56. The predicted molar refractivity (Wildman–Crippen MR) is 53.8 cm³/mol. The molecule has 62 valence electrons. The fourth-order valence-corrected chi connectivity index (χ4v) is 0.859. The molecule has 0 fully saturated rings. The van der Waals surface area contributed by atoms with E-state index in [-0.39, 0.29) is 0 Å². The molecule has 0 aliphatic carbocycles. The van der Waals surface area contributed by atoms with Crippen molar-refractivity contribution < 1.29 is 0 Å². The standard InChI is InChI=1S/C8H9N3S/c1-2-4-7-8(5-3-6-12)10-11-9-7/h2-6H,1H3,(H,9,10,11)/b4-2+,5-3-. The summed E-state index contributed by atoms with van der Waals surface area (Å²) in [5, 5.41) is 11.9. The van der Waals surface area contributed by atoms with Gasteiger partial charge in [-0.25, -0.2) is 0 Å². The Balaban J connectivity index is 2.90. The third kappa shape index (κ3) is 2.10. The fourth-order valence-electron chi connectivity index (χ4n) is 0.781. The van der Waals surface area contributed by atoms with Gasteiger partial charge in [0.05, 0.1) is 0 Å². The minimum atomic E-state index is 0.800. The SMILES string of the molecule is C/C=C/c1n[nH]nc1/C=C\C=S. The van der Waals surface area contributed by atoms with Gasteiger partial charge < -0.3 is 0 Å². The van der Waals surface area contributed by atoms with E-state index in [2.05, 4.69) is 27.6 Å². The Morgan fingerprint density at radius 2 is 1.92 bits per heavy atom. The molecule has 1 rings (SSSR count). The summed E-state index contributed by atoms with van der Waals surface area (Å²) in [4.78, 5) is 0. The molecule has 0 amide bonds. The maximum absolute atomic E-state index is 4.64. The first-order chi connectivity index (χ1) is 5.88. The summed E-state index contributed by atoms with van der Waals surface area (Å²) < 4.78 is 0. The second-order valence-corrected chi connectivity index (χ2v) is 2.36. The zero-order valence-corrected chi connectivity index (χ0v) is 7.51. The van der Waals surface area contributed by atoms with Crippen molar-refractivity contribution in [2.75, 3.05) is 0 Å². The molecule has 0 atom stereocenters. The molecule has 0 aromatic carbocycles. The Labute approximate surface area is 76.2 Å². The lowest BCUT2D eigenvalue weighted by Gasteiger charge is -1.83. The maximum Gasteiger partial charge on any atom is 0.112 e. The molecule has 1 N–H and O–H groups in total. The third-order valence-corrected chi connectivity index (χ3v) is 1.42. The predicted octanol–water partition coefficient (Wildman–Crippen LogP) is 1.85. The minimum Gasteiger partial charge on any atom is -0.197 e. The van der Waals surface area contributed by atoms with Crippen LogP contribution in [0.25, 0.3) is 12.2 Å². The highest BCUT2D eigenvalue weighted by Crippen LogP contribution is 2.04. The van der Waals surface area contributed by atoms with Gasteiger partial charge in [0.25, 0.3) is 0 Å². The quantitative estimate of drug-likeness (QED) is 0.568. The van der Waals surface area contributed by atoms with Crippen LogP contribution in [0.1, 0.15) is 18.3 Å². The summed E-state index contributed by atoms with van der Waals surface area (Å²) in [6.07, 6.45) is 7.35. The first kappa shape index (κ1) is 8.80. The van der Waals surface area contributed by atoms with Crippen molar-refractivity contribution in [3.05, 3.63) is 23.5 Å². The van der Waals surface area contributed by atoms with Crippen molar-refractivity contribution >= 4 is 29.7 Å². The number of aromatic amines is 1. The molecule has 0 radical (unpaired) electrons. The maximum atomic E-state index is 4.64. The van der Waals surface area contributed by atoms with Crippen LogP contribution >= 0.6 is 12.2 Å². The number of nitrogens with zero attached hydrogens (tertiary/aromatic N) is 2. The van der Waals surface area contributed by atoms with Gasteiger partial charge in [0, 0.05) is 5.37 Å². The summed E-state index contributed by atoms with van der Waals surface area (Å²) in [7, 11) is 0. The van der Waals surface area contributed by atoms with Crippen LogP contribution in [-0.2, 0) is 0 Å². The number of hydrogen-bond acceptors (Lipinski definition) is 3. The van der Waals surface area contributed by atoms with Gasteiger partial charge in [-0.2, -0.15) is 15.4 Å². The highest BCUT2D eigenvalue weighted by molar-refractivity contribution is 7.79. The zero-order valence-electron chi connectivity index (χ0n) is 6.69. The molecule has 0 aliphatic heterocycles. The highest BCUT2D eigenvalue weighted by Gasteiger charge is 1.97. The van der Waals surface area contributed by atoms with E-state index in [1.165, 1.54) is 5.37 Å². The molecule has 1 aromatic heterocycles. The van der Waals surface area contributed by atoms with Crippen molar-refractivity contribution in [2.24, 2.45) is 0 Å². The number of allylic oxidation sites excluding steroid dienone is 2. The first-order valence-corrected chi connectivity index (χ1v) is 4.01. The number of hydrogen-bond donors (Lipinski definition) is 1. The van der Waals surface area contributed by atoms with Crippen LogP contribution in [-0.4, -0.2) is 20.8 Å². The van der Waals surface area contributed by atoms with Crippen molar-refractivity contribution in [3.8, 4) is 0 Å². The zero-order chi connectivity index (χ0) is 8.81. The summed E-state index contributed by atoms with van der Waals surface area (Å²) in [6.45, 7) is 1.93. The minimum absolute atomic E-state index is 0.800. The van der Waals surface area contributed by atoms with E-state index in [1.54, 1.807) is 6.08 Å². The molecule has 0 unspecified atom stereocenters. The average Bonchev–Trinajstić information content (AvgIpc) is 2.50. The summed E-state index contributed by atoms with van der Waals surface area (Å²) >= 11 is 4.64. The monoisotopic (exact) mass is 179 g/mol. The number of thiocarbonyl (C=S) groups is 1. The van der Waals surface area contributed by atoms with Gasteiger partial charge in [0.1, 0.15) is 11.4 Å². The van der Waals surface area contributed by atoms with E-state index in [9.17, 15) is 0 Å². The van der Waals surface area contributed by atoms with E-state index in [4.69, 9.17) is 0 Å². The van der Waals surface area contributed by atoms with Gasteiger partial charge in [0.2, 0.25) is 0 Å². The Morgan fingerprint density at radius 3 is 2.50 bits per heavy atom. The van der Waals surface area contributed by atoms with Crippen LogP contribution in [0.2, 0.25) is 0 Å². The lowest BCUT2D eigenvalue weighted by molar-refractivity contribution is 0.934. The van der Waals surface area contributed by atoms with E-state index in [0.717, 1.165) is 11.4 Å². The molecule has 0 spiro atoms. The van der Waals surface area contributed by atoms with Crippen LogP contribution in [0.4, 0.5) is 0 Å². The molecule has 0 aliphatic rings. The largest absolute Gasteiger partial charge is 0.197 e. The van der Waals surface area contributed by atoms with Gasteiger partial charge in [-0.1, -0.05) is 18.3 Å². The number of nitrogens with one attached hydrogen (secondary N) is 1. The molecular weight excluding hydrogens is 170 g/mol. The van der Waals surface area contributed by atoms with Crippen LogP contribution < -0.4 is 0 Å². The van der Waals surface area contributed by atoms with Crippen LogP contribution in [0, 0.1) is 0 Å². The number of rotatable bonds is 3. The van der Waals surface area contributed by atoms with Gasteiger partial charge in [-0.3, -0.25) is 0 Å². The van der Waals surface area contributed by atoms with E-state index < -0.39 is 0 Å². The first-order valence-electron chi connectivity index (χ1n) is 3.53. The molecule has 1 heterocycles. The molecule has 12 heavy (non-hydrogen) atoms. The van der Waals surface area contributed by atoms with Crippen LogP contribution in [0.5, 0.6) is 0 Å². The number of H-pyrrole nitrogens is 1. The van der Waals surface area contributed by atoms with Crippen molar-refractivity contribution in [2.45, 2.75) is 6.92 Å². The van der Waals surface area contributed by atoms with E-state index >= 15 is 0 Å². The van der Waals surface area contributed by atoms with Gasteiger partial charge in [-0.05, 0) is 25.2 Å². The molecule has 3 nitrogen and oxygen atoms in total. The van der Waals surface area contributed by atoms with Crippen molar-refractivity contribution in [3.63, 3.8) is 0 Å². The summed E-state index contributed by atoms with van der Waals surface area (Å²) in [6, 6.07) is 0. The summed E-state index contributed by atoms with van der Waals surface area (Å²) in [5.41, 5.74) is 1.62. The van der Waals surface area contributed by atoms with E-state index in [0.29, 0.717) is 0 Å². The van der Waals surface area contributed by atoms with Gasteiger partial charge in [0.15, 0.2) is 0 Å². The van der Waals surface area contributed by atoms with Gasteiger partial charge in [-0.15, -0.1) is 0 Å². The second-order valence-electron chi connectivity index (χ2n) is 2.09. The third-order valence-electron chi connectivity index (χ3n) is 1.26. The molecule has 1 aromatic rings. The molecular formula is C8H9N3S.